The van der Waals surface area contributed by atoms with Gasteiger partial charge in [-0.1, -0.05) is 52.7 Å². The normalized spacial score (nSPS) is 15.2. The van der Waals surface area contributed by atoms with Crippen LogP contribution < -0.4 is 10.6 Å². The summed E-state index contributed by atoms with van der Waals surface area (Å²) in [6.07, 6.45) is 2.24. The molecule has 0 radical (unpaired) electrons. The molecule has 4 atom stereocenters. The second-order valence-corrected chi connectivity index (χ2v) is 11.6. The van der Waals surface area contributed by atoms with Gasteiger partial charge >= 0.3 is 6.09 Å². The first-order valence-electron chi connectivity index (χ1n) is 13.5. The molecule has 0 aliphatic rings. The Bertz CT molecular complexity index is 892. The molecule has 0 aliphatic carbocycles. The van der Waals surface area contributed by atoms with Gasteiger partial charge in [0.2, 0.25) is 11.8 Å². The number of benzene rings is 1. The van der Waals surface area contributed by atoms with Gasteiger partial charge in [-0.05, 0) is 78.0 Å². The second-order valence-electron chi connectivity index (χ2n) is 11.6. The van der Waals surface area contributed by atoms with Crippen molar-refractivity contribution in [3.8, 4) is 5.75 Å². The maximum atomic E-state index is 14.4. The Balaban J connectivity index is 3.65. The van der Waals surface area contributed by atoms with Crippen LogP contribution >= 0.6 is 0 Å². The number of phenols is 1. The molecule has 0 saturated heterocycles. The molecule has 37 heavy (non-hydrogen) atoms. The van der Waals surface area contributed by atoms with Crippen LogP contribution in [0.5, 0.6) is 5.75 Å². The van der Waals surface area contributed by atoms with Crippen LogP contribution in [0.1, 0.15) is 107 Å². The molecule has 0 fully saturated rings. The van der Waals surface area contributed by atoms with Gasteiger partial charge in [0.1, 0.15) is 23.4 Å². The van der Waals surface area contributed by atoms with Gasteiger partial charge in [0, 0.05) is 11.6 Å². The number of nitrogens with one attached hydrogen (secondary N) is 2. The van der Waals surface area contributed by atoms with Gasteiger partial charge in [0.15, 0.2) is 0 Å². The Morgan fingerprint density at radius 2 is 1.54 bits per heavy atom. The van der Waals surface area contributed by atoms with Crippen molar-refractivity contribution >= 4 is 17.9 Å². The molecule has 1 rings (SSSR count). The molecule has 210 valence electrons. The van der Waals surface area contributed by atoms with Crippen molar-refractivity contribution in [3.05, 3.63) is 29.8 Å². The summed E-state index contributed by atoms with van der Waals surface area (Å²) in [5.74, 6) is -0.804. The zero-order valence-corrected chi connectivity index (χ0v) is 24.5. The van der Waals surface area contributed by atoms with Crippen LogP contribution in [0.15, 0.2) is 24.3 Å². The van der Waals surface area contributed by atoms with Gasteiger partial charge in [-0.3, -0.25) is 9.59 Å². The van der Waals surface area contributed by atoms with Gasteiger partial charge in [-0.15, -0.1) is 0 Å². The van der Waals surface area contributed by atoms with Crippen molar-refractivity contribution in [3.63, 3.8) is 0 Å². The van der Waals surface area contributed by atoms with Gasteiger partial charge in [-0.2, -0.15) is 0 Å². The highest BCUT2D eigenvalue weighted by molar-refractivity contribution is 5.93. The fourth-order valence-corrected chi connectivity index (χ4v) is 4.11. The minimum atomic E-state index is -0.964. The summed E-state index contributed by atoms with van der Waals surface area (Å²) >= 11 is 0. The molecule has 0 spiro atoms. The van der Waals surface area contributed by atoms with Crippen molar-refractivity contribution in [2.45, 2.75) is 124 Å². The van der Waals surface area contributed by atoms with Crippen LogP contribution in [0, 0.1) is 5.92 Å². The predicted molar refractivity (Wildman–Crippen MR) is 147 cm³/mol. The molecule has 1 aromatic carbocycles. The highest BCUT2D eigenvalue weighted by atomic mass is 16.6. The monoisotopic (exact) mass is 519 g/mol. The van der Waals surface area contributed by atoms with E-state index in [-0.39, 0.29) is 29.5 Å². The lowest BCUT2D eigenvalue weighted by Crippen LogP contribution is -2.61. The molecule has 0 saturated carbocycles. The third-order valence-corrected chi connectivity index (χ3v) is 6.73. The second kappa shape index (κ2) is 13.7. The first-order valence-corrected chi connectivity index (χ1v) is 13.5. The first kappa shape index (κ1) is 32.3. The van der Waals surface area contributed by atoms with Crippen LogP contribution in [-0.2, 0) is 14.3 Å². The number of aromatic hydroxyl groups is 1. The fraction of sp³-hybridized carbons (Fsp3) is 0.690. The smallest absolute Gasteiger partial charge is 0.408 e. The van der Waals surface area contributed by atoms with Crippen molar-refractivity contribution in [1.29, 1.82) is 0 Å². The number of carbonyl (C=O) groups is 3. The standard InChI is InChI=1S/C29H49N3O5/c1-11-14-20(5)30-25(34)24(21-15-17-22(33)18-16-21)32(29(9,10)13-3)26(35)23(19(4)12-2)31-27(36)37-28(6,7)8/h15-20,23-24,33H,11-14H2,1-10H3,(H,30,34)(H,31,36). The molecule has 1 aromatic rings. The molecule has 4 unspecified atom stereocenters. The van der Waals surface area contributed by atoms with E-state index in [1.165, 1.54) is 12.1 Å². The zero-order chi connectivity index (χ0) is 28.6. The molecule has 0 aromatic heterocycles. The maximum Gasteiger partial charge on any atom is 0.408 e. The van der Waals surface area contributed by atoms with Crippen LogP contribution in [-0.4, -0.2) is 51.1 Å². The van der Waals surface area contributed by atoms with E-state index in [1.54, 1.807) is 37.8 Å². The largest absolute Gasteiger partial charge is 0.508 e. The summed E-state index contributed by atoms with van der Waals surface area (Å²) in [6.45, 7) is 18.9. The Morgan fingerprint density at radius 3 is 2.00 bits per heavy atom. The Hall–Kier alpha value is -2.77. The summed E-state index contributed by atoms with van der Waals surface area (Å²) in [7, 11) is 0. The van der Waals surface area contributed by atoms with E-state index in [1.807, 2.05) is 41.5 Å². The number of carbonyl (C=O) groups excluding carboxylic acids is 3. The summed E-state index contributed by atoms with van der Waals surface area (Å²) < 4.78 is 5.46. The minimum absolute atomic E-state index is 0.0685. The fourth-order valence-electron chi connectivity index (χ4n) is 4.11. The van der Waals surface area contributed by atoms with Gasteiger partial charge in [-0.25, -0.2) is 4.79 Å². The quantitative estimate of drug-likeness (QED) is 0.329. The van der Waals surface area contributed by atoms with Gasteiger partial charge in [0.25, 0.3) is 0 Å². The Labute approximate surface area is 223 Å². The van der Waals surface area contributed by atoms with E-state index in [2.05, 4.69) is 17.6 Å². The Kier molecular flexibility index (Phi) is 11.9. The molecular formula is C29H49N3O5. The third kappa shape index (κ3) is 9.56. The number of amides is 3. The minimum Gasteiger partial charge on any atom is -0.508 e. The van der Waals surface area contributed by atoms with E-state index in [4.69, 9.17) is 4.74 Å². The lowest BCUT2D eigenvalue weighted by Gasteiger charge is -2.45. The average Bonchev–Trinajstić information content (AvgIpc) is 2.79. The number of hydrogen-bond acceptors (Lipinski definition) is 5. The van der Waals surface area contributed by atoms with Crippen molar-refractivity contribution in [2.75, 3.05) is 0 Å². The van der Waals surface area contributed by atoms with Crippen LogP contribution in [0.4, 0.5) is 4.79 Å². The van der Waals surface area contributed by atoms with Crippen molar-refractivity contribution in [1.82, 2.24) is 15.5 Å². The van der Waals surface area contributed by atoms with E-state index in [0.29, 0.717) is 18.4 Å². The lowest BCUT2D eigenvalue weighted by atomic mass is 9.89. The SMILES string of the molecule is CCCC(C)NC(=O)C(c1ccc(O)cc1)N(C(=O)C(NC(=O)OC(C)(C)C)C(C)CC)C(C)(C)CC. The van der Waals surface area contributed by atoms with E-state index in [0.717, 1.165) is 12.8 Å². The number of rotatable bonds is 12. The zero-order valence-electron chi connectivity index (χ0n) is 24.5. The lowest BCUT2D eigenvalue weighted by molar-refractivity contribution is -0.150. The van der Waals surface area contributed by atoms with Crippen LogP contribution in [0.3, 0.4) is 0 Å². The van der Waals surface area contributed by atoms with Crippen molar-refractivity contribution in [2.24, 2.45) is 5.92 Å². The van der Waals surface area contributed by atoms with Crippen LogP contribution in [0.25, 0.3) is 0 Å². The maximum absolute atomic E-state index is 14.4. The summed E-state index contributed by atoms with van der Waals surface area (Å²) in [6, 6.07) is 4.41. The number of phenolic OH excluding ortho intramolecular Hbond substituents is 1. The van der Waals surface area contributed by atoms with Crippen LogP contribution in [0.2, 0.25) is 0 Å². The summed E-state index contributed by atoms with van der Waals surface area (Å²) in [5.41, 5.74) is -0.875. The summed E-state index contributed by atoms with van der Waals surface area (Å²) in [5, 5.41) is 15.8. The first-order chi connectivity index (χ1) is 17.1. The van der Waals surface area contributed by atoms with E-state index >= 15 is 0 Å². The number of alkyl carbamates (subject to hydrolysis) is 1. The molecular weight excluding hydrogens is 470 g/mol. The topological polar surface area (TPSA) is 108 Å². The number of hydrogen-bond donors (Lipinski definition) is 3. The highest BCUT2D eigenvalue weighted by Crippen LogP contribution is 2.34. The van der Waals surface area contributed by atoms with E-state index in [9.17, 15) is 19.5 Å². The molecule has 8 nitrogen and oxygen atoms in total. The van der Waals surface area contributed by atoms with Gasteiger partial charge < -0.3 is 25.4 Å². The molecule has 0 bridgehead atoms. The predicted octanol–water partition coefficient (Wildman–Crippen LogP) is 5.69. The number of nitrogens with zero attached hydrogens (tertiary/aromatic N) is 1. The summed E-state index contributed by atoms with van der Waals surface area (Å²) in [4.78, 5) is 42.5. The Morgan fingerprint density at radius 1 is 0.973 bits per heavy atom. The third-order valence-electron chi connectivity index (χ3n) is 6.73. The van der Waals surface area contributed by atoms with E-state index < -0.39 is 29.3 Å². The number of ether oxygens (including phenoxy) is 1. The average molecular weight is 520 g/mol. The van der Waals surface area contributed by atoms with Gasteiger partial charge in [0.05, 0.1) is 0 Å². The molecule has 0 aliphatic heterocycles. The highest BCUT2D eigenvalue weighted by Gasteiger charge is 2.44. The molecule has 3 amide bonds. The molecule has 0 heterocycles. The van der Waals surface area contributed by atoms with Crippen molar-refractivity contribution < 1.29 is 24.2 Å². The molecule has 3 N–H and O–H groups in total. The molecule has 8 heteroatoms.